The van der Waals surface area contributed by atoms with E-state index in [1.54, 1.807) is 0 Å². The van der Waals surface area contributed by atoms with Crippen LogP contribution in [0.25, 0.3) is 0 Å². The van der Waals surface area contributed by atoms with E-state index in [0.29, 0.717) is 0 Å². The minimum absolute atomic E-state index is 1.20. The number of hydrogen-bond acceptors (Lipinski definition) is 0. The molecule has 2 rings (SSSR count). The summed E-state index contributed by atoms with van der Waals surface area (Å²) in [6.45, 7) is 2.08. The van der Waals surface area contributed by atoms with Crippen molar-refractivity contribution in [3.05, 3.63) is 23.0 Å². The molecule has 1 heteroatoms. The smallest absolute Gasteiger partial charge is 0.0439 e. The molecule has 2 aliphatic rings. The van der Waals surface area contributed by atoms with Crippen LogP contribution in [0.2, 0.25) is 0 Å². The normalized spacial score (nSPS) is 23.9. The van der Waals surface area contributed by atoms with Crippen molar-refractivity contribution in [3.63, 3.8) is 0 Å². The zero-order chi connectivity index (χ0) is 6.97. The zero-order valence-electron chi connectivity index (χ0n) is 6.35. The lowest BCUT2D eigenvalue weighted by molar-refractivity contribution is 0.661. The second-order valence-corrected chi connectivity index (χ2v) is 3.08. The van der Waals surface area contributed by atoms with E-state index in [2.05, 4.69) is 18.3 Å². The van der Waals surface area contributed by atoms with E-state index in [1.807, 2.05) is 0 Å². The predicted molar refractivity (Wildman–Crippen MR) is 41.4 cm³/mol. The molecule has 0 bridgehead atoms. The van der Waals surface area contributed by atoms with Crippen molar-refractivity contribution in [3.8, 4) is 0 Å². The Morgan fingerprint density at radius 3 is 2.90 bits per heavy atom. The van der Waals surface area contributed by atoms with E-state index in [9.17, 15) is 0 Å². The van der Waals surface area contributed by atoms with Crippen LogP contribution in [0.5, 0.6) is 0 Å². The van der Waals surface area contributed by atoms with Crippen LogP contribution in [0.4, 0.5) is 0 Å². The highest BCUT2D eigenvalue weighted by atomic mass is 14.9. The summed E-state index contributed by atoms with van der Waals surface area (Å²) in [6, 6.07) is 0. The molecule has 10 heavy (non-hydrogen) atoms. The molecule has 0 spiro atoms. The van der Waals surface area contributed by atoms with Crippen molar-refractivity contribution in [2.24, 2.45) is 0 Å². The van der Waals surface area contributed by atoms with Gasteiger partial charge < -0.3 is 0 Å². The van der Waals surface area contributed by atoms with Crippen LogP contribution < -0.4 is 5.32 Å². The van der Waals surface area contributed by atoms with Gasteiger partial charge >= 0.3 is 0 Å². The minimum atomic E-state index is 1.20. The molecule has 0 aromatic carbocycles. The Bertz CT molecular complexity index is 211. The van der Waals surface area contributed by atoms with Gasteiger partial charge in [-0.15, -0.1) is 0 Å². The maximum Gasteiger partial charge on any atom is 0.0439 e. The molecule has 1 aliphatic carbocycles. The predicted octanol–water partition coefficient (Wildman–Crippen LogP) is 2.34. The molecule has 1 nitrogen and oxygen atoms in total. The summed E-state index contributed by atoms with van der Waals surface area (Å²) in [7, 11) is 0. The summed E-state index contributed by atoms with van der Waals surface area (Å²) in [5.41, 5.74) is 4.07. The second kappa shape index (κ2) is 2.15. The molecular formula is C9H12N. The van der Waals surface area contributed by atoms with Gasteiger partial charge in [-0.3, -0.25) is 5.32 Å². The Hall–Kier alpha value is -0.720. The first-order valence-electron chi connectivity index (χ1n) is 3.98. The van der Waals surface area contributed by atoms with Gasteiger partial charge in [-0.1, -0.05) is 0 Å². The number of rotatable bonds is 0. The summed E-state index contributed by atoms with van der Waals surface area (Å²) >= 11 is 0. The summed E-state index contributed by atoms with van der Waals surface area (Å²) in [4.78, 5) is 0. The summed E-state index contributed by atoms with van der Waals surface area (Å²) < 4.78 is 0. The number of hydrogen-bond donors (Lipinski definition) is 0. The van der Waals surface area contributed by atoms with E-state index in [0.717, 1.165) is 0 Å². The van der Waals surface area contributed by atoms with Gasteiger partial charge in [0, 0.05) is 11.4 Å². The molecule has 0 aromatic heterocycles. The Kier molecular flexibility index (Phi) is 1.30. The lowest BCUT2D eigenvalue weighted by Gasteiger charge is -2.11. The fourth-order valence-corrected chi connectivity index (χ4v) is 1.69. The highest BCUT2D eigenvalue weighted by Crippen LogP contribution is 2.29. The Morgan fingerprint density at radius 2 is 2.10 bits per heavy atom. The van der Waals surface area contributed by atoms with Crippen LogP contribution in [0.3, 0.4) is 0 Å². The molecular weight excluding hydrogens is 122 g/mol. The first-order chi connectivity index (χ1) is 4.86. The van der Waals surface area contributed by atoms with Crippen LogP contribution in [-0.4, -0.2) is 0 Å². The van der Waals surface area contributed by atoms with Crippen LogP contribution in [-0.2, 0) is 0 Å². The van der Waals surface area contributed by atoms with Crippen molar-refractivity contribution >= 4 is 0 Å². The third kappa shape index (κ3) is 0.859. The summed E-state index contributed by atoms with van der Waals surface area (Å²) in [5, 5.41) is 4.45. The third-order valence-corrected chi connectivity index (χ3v) is 2.17. The number of allylic oxidation sites excluding steroid dienone is 4. The standard InChI is InChI=1S/C9H12N/c1-7-6-8-4-2-3-5-9(8)10-7/h6H,2-5H2,1H3. The molecule has 53 valence electrons. The maximum atomic E-state index is 4.45. The third-order valence-electron chi connectivity index (χ3n) is 2.17. The lowest BCUT2D eigenvalue weighted by atomic mass is 9.98. The molecule has 0 unspecified atom stereocenters. The average Bonchev–Trinajstić information content (AvgIpc) is 2.27. The first kappa shape index (κ1) is 6.02. The van der Waals surface area contributed by atoms with Gasteiger partial charge in [0.15, 0.2) is 0 Å². The molecule has 0 amide bonds. The van der Waals surface area contributed by atoms with Crippen molar-refractivity contribution in [1.82, 2.24) is 5.32 Å². The van der Waals surface area contributed by atoms with Gasteiger partial charge in [-0.25, -0.2) is 0 Å². The SMILES string of the molecule is CC1=CC2=C(CCCC2)[N]1. The van der Waals surface area contributed by atoms with Gasteiger partial charge in [0.1, 0.15) is 0 Å². The summed E-state index contributed by atoms with van der Waals surface area (Å²) in [5.74, 6) is 0. The highest BCUT2D eigenvalue weighted by molar-refractivity contribution is 5.36. The fraction of sp³-hybridized carbons (Fsp3) is 0.556. The maximum absolute atomic E-state index is 4.45. The van der Waals surface area contributed by atoms with Gasteiger partial charge in [0.05, 0.1) is 0 Å². The molecule has 1 heterocycles. The first-order valence-corrected chi connectivity index (χ1v) is 3.98. The Labute approximate surface area is 61.8 Å². The average molecular weight is 134 g/mol. The van der Waals surface area contributed by atoms with E-state index >= 15 is 0 Å². The van der Waals surface area contributed by atoms with Gasteiger partial charge in [0.2, 0.25) is 0 Å². The lowest BCUT2D eigenvalue weighted by Crippen LogP contribution is -2.01. The molecule has 0 N–H and O–H groups in total. The topological polar surface area (TPSA) is 14.1 Å². The van der Waals surface area contributed by atoms with Crippen LogP contribution in [0.15, 0.2) is 23.0 Å². The van der Waals surface area contributed by atoms with Crippen LogP contribution in [0.1, 0.15) is 32.6 Å². The van der Waals surface area contributed by atoms with Crippen LogP contribution >= 0.6 is 0 Å². The van der Waals surface area contributed by atoms with E-state index in [1.165, 1.54) is 42.7 Å². The van der Waals surface area contributed by atoms with Gasteiger partial charge in [0.25, 0.3) is 0 Å². The quantitative estimate of drug-likeness (QED) is 0.483. The Balaban J connectivity index is 2.22. The van der Waals surface area contributed by atoms with Crippen molar-refractivity contribution in [2.45, 2.75) is 32.6 Å². The zero-order valence-corrected chi connectivity index (χ0v) is 6.35. The molecule has 0 atom stereocenters. The second-order valence-electron chi connectivity index (χ2n) is 3.08. The van der Waals surface area contributed by atoms with Crippen molar-refractivity contribution in [2.75, 3.05) is 0 Å². The monoisotopic (exact) mass is 134 g/mol. The molecule has 1 aliphatic heterocycles. The van der Waals surface area contributed by atoms with E-state index < -0.39 is 0 Å². The van der Waals surface area contributed by atoms with Gasteiger partial charge in [-0.2, -0.15) is 0 Å². The van der Waals surface area contributed by atoms with E-state index in [-0.39, 0.29) is 0 Å². The molecule has 0 fully saturated rings. The Morgan fingerprint density at radius 1 is 1.30 bits per heavy atom. The molecule has 0 aromatic rings. The number of nitrogens with zero attached hydrogens (tertiary/aromatic N) is 1. The molecule has 1 radical (unpaired) electrons. The molecule has 0 saturated heterocycles. The van der Waals surface area contributed by atoms with E-state index in [4.69, 9.17) is 0 Å². The van der Waals surface area contributed by atoms with Crippen molar-refractivity contribution < 1.29 is 0 Å². The minimum Gasteiger partial charge on any atom is -0.258 e. The van der Waals surface area contributed by atoms with Crippen molar-refractivity contribution in [1.29, 1.82) is 0 Å². The van der Waals surface area contributed by atoms with Crippen LogP contribution in [0, 0.1) is 0 Å². The van der Waals surface area contributed by atoms with Gasteiger partial charge in [-0.05, 0) is 44.3 Å². The molecule has 0 saturated carbocycles. The summed E-state index contributed by atoms with van der Waals surface area (Å²) in [6.07, 6.45) is 7.40. The highest BCUT2D eigenvalue weighted by Gasteiger charge is 2.17. The largest absolute Gasteiger partial charge is 0.258 e. The fourth-order valence-electron chi connectivity index (χ4n) is 1.69.